The van der Waals surface area contributed by atoms with Gasteiger partial charge < -0.3 is 14.5 Å². The molecule has 1 amide bonds. The molecule has 3 heterocycles. The van der Waals surface area contributed by atoms with Crippen LogP contribution in [0.2, 0.25) is 0 Å². The maximum absolute atomic E-state index is 12.2. The highest BCUT2D eigenvalue weighted by Gasteiger charge is 2.37. The molecule has 4 rings (SSSR count). The summed E-state index contributed by atoms with van der Waals surface area (Å²) in [5.41, 5.74) is 1.70. The van der Waals surface area contributed by atoms with Crippen molar-refractivity contribution in [3.8, 4) is 0 Å². The van der Waals surface area contributed by atoms with Crippen LogP contribution in [0.3, 0.4) is 0 Å². The van der Waals surface area contributed by atoms with Crippen LogP contribution >= 0.6 is 0 Å². The Bertz CT molecular complexity index is 1220. The van der Waals surface area contributed by atoms with E-state index in [-0.39, 0.29) is 25.2 Å². The third kappa shape index (κ3) is 9.51. The number of hydrogen-bond donors (Lipinski definition) is 1. The van der Waals surface area contributed by atoms with E-state index in [2.05, 4.69) is 42.3 Å². The Morgan fingerprint density at radius 1 is 1.10 bits per heavy atom. The molecule has 0 bridgehead atoms. The number of aromatic nitrogens is 1. The minimum Gasteiger partial charge on any atom is -0.445 e. The lowest BCUT2D eigenvalue weighted by molar-refractivity contribution is 0.0836. The van der Waals surface area contributed by atoms with Crippen molar-refractivity contribution in [2.45, 2.75) is 65.5 Å². The van der Waals surface area contributed by atoms with Crippen LogP contribution in [-0.4, -0.2) is 79.8 Å². The molecule has 0 spiro atoms. The number of rotatable bonds is 10. The summed E-state index contributed by atoms with van der Waals surface area (Å²) in [6.45, 7) is 11.6. The molecule has 0 radical (unpaired) electrons. The predicted molar refractivity (Wildman–Crippen MR) is 161 cm³/mol. The van der Waals surface area contributed by atoms with Crippen molar-refractivity contribution in [3.63, 3.8) is 0 Å². The lowest BCUT2D eigenvalue weighted by atomic mass is 9.97. The summed E-state index contributed by atoms with van der Waals surface area (Å²) < 4.78 is 33.7. The van der Waals surface area contributed by atoms with Gasteiger partial charge in [-0.2, -0.15) is 12.7 Å². The fourth-order valence-corrected chi connectivity index (χ4v) is 6.50. The van der Waals surface area contributed by atoms with Crippen molar-refractivity contribution in [2.24, 2.45) is 5.92 Å². The molecule has 1 unspecified atom stereocenters. The van der Waals surface area contributed by atoms with Crippen LogP contribution < -0.4 is 9.62 Å². The molecule has 2 saturated heterocycles. The fraction of sp³-hybridized carbons (Fsp3) is 0.567. The van der Waals surface area contributed by atoms with E-state index >= 15 is 0 Å². The summed E-state index contributed by atoms with van der Waals surface area (Å²) in [5.74, 6) is 1.48. The standard InChI is InChI=1S/C17H27N3O4S.C13H18N2O/c1-2-3-7-10-18-25(22,23)20-13-11-19(12-14-20)17(21)24-15-16-8-5-4-6-9-16;1-10-7-13(2,3)15(8-10)12-11(9-16)5-4-6-14-12/h4-6,8-9,18H,2-3,7,10-15H2,1H3;4-6,9-10H,7-8H2,1-3H3. The second kappa shape index (κ2) is 15.3. The van der Waals surface area contributed by atoms with Crippen LogP contribution in [0.4, 0.5) is 10.6 Å². The lowest BCUT2D eigenvalue weighted by Gasteiger charge is -2.33. The first kappa shape index (κ1) is 32.5. The van der Waals surface area contributed by atoms with Gasteiger partial charge in [-0.3, -0.25) is 4.79 Å². The van der Waals surface area contributed by atoms with Crippen LogP contribution in [0.15, 0.2) is 48.7 Å². The van der Waals surface area contributed by atoms with Gasteiger partial charge in [0.25, 0.3) is 10.2 Å². The molecular weight excluding hydrogens is 542 g/mol. The molecule has 1 aromatic carbocycles. The largest absolute Gasteiger partial charge is 0.445 e. The van der Waals surface area contributed by atoms with Crippen molar-refractivity contribution < 1.29 is 22.7 Å². The number of aldehydes is 1. The van der Waals surface area contributed by atoms with Crippen LogP contribution in [0.1, 0.15) is 69.3 Å². The van der Waals surface area contributed by atoms with Crippen LogP contribution in [0.5, 0.6) is 0 Å². The maximum Gasteiger partial charge on any atom is 0.410 e. The number of piperazine rings is 1. The molecule has 11 heteroatoms. The first-order valence-electron chi connectivity index (χ1n) is 14.5. The first-order valence-corrected chi connectivity index (χ1v) is 15.9. The molecule has 1 N–H and O–H groups in total. The van der Waals surface area contributed by atoms with Crippen LogP contribution in [0, 0.1) is 5.92 Å². The van der Waals surface area contributed by atoms with Crippen LogP contribution in [-0.2, 0) is 21.6 Å². The summed E-state index contributed by atoms with van der Waals surface area (Å²) >= 11 is 0. The van der Waals surface area contributed by atoms with Gasteiger partial charge in [0.2, 0.25) is 0 Å². The molecule has 2 aromatic rings. The summed E-state index contributed by atoms with van der Waals surface area (Å²) in [4.78, 5) is 31.3. The number of pyridine rings is 1. The Morgan fingerprint density at radius 2 is 1.80 bits per heavy atom. The Labute approximate surface area is 245 Å². The number of nitrogens with zero attached hydrogens (tertiary/aromatic N) is 4. The number of anilines is 1. The average Bonchev–Trinajstić information content (AvgIpc) is 3.26. The monoisotopic (exact) mass is 587 g/mol. The van der Waals surface area contributed by atoms with E-state index in [1.165, 1.54) is 4.31 Å². The second-order valence-electron chi connectivity index (χ2n) is 11.3. The van der Waals surface area contributed by atoms with Crippen molar-refractivity contribution in [1.82, 2.24) is 18.9 Å². The third-order valence-corrected chi connectivity index (χ3v) is 8.99. The first-order chi connectivity index (χ1) is 19.6. The molecule has 41 heavy (non-hydrogen) atoms. The van der Waals surface area contributed by atoms with E-state index in [9.17, 15) is 18.0 Å². The number of ether oxygens (including phenoxy) is 1. The van der Waals surface area contributed by atoms with Crippen molar-refractivity contribution in [1.29, 1.82) is 0 Å². The number of unbranched alkanes of at least 4 members (excludes halogenated alkanes) is 2. The fourth-order valence-electron chi connectivity index (χ4n) is 5.28. The number of amides is 1. The molecule has 2 aliphatic rings. The molecule has 0 saturated carbocycles. The summed E-state index contributed by atoms with van der Waals surface area (Å²) in [6.07, 6.45) is 6.26. The van der Waals surface area contributed by atoms with Gasteiger partial charge >= 0.3 is 6.09 Å². The zero-order chi connectivity index (χ0) is 29.9. The van der Waals surface area contributed by atoms with Crippen molar-refractivity contribution in [3.05, 3.63) is 59.8 Å². The number of benzene rings is 1. The van der Waals surface area contributed by atoms with Gasteiger partial charge in [-0.25, -0.2) is 14.5 Å². The van der Waals surface area contributed by atoms with Gasteiger partial charge in [0.15, 0.2) is 6.29 Å². The highest BCUT2D eigenvalue weighted by molar-refractivity contribution is 7.87. The van der Waals surface area contributed by atoms with Gasteiger partial charge in [-0.15, -0.1) is 0 Å². The Morgan fingerprint density at radius 3 is 2.41 bits per heavy atom. The molecule has 226 valence electrons. The van der Waals surface area contributed by atoms with E-state index < -0.39 is 16.3 Å². The molecule has 1 aromatic heterocycles. The van der Waals surface area contributed by atoms with Gasteiger partial charge in [0, 0.05) is 51.0 Å². The van der Waals surface area contributed by atoms with Gasteiger partial charge in [0.1, 0.15) is 12.4 Å². The summed E-state index contributed by atoms with van der Waals surface area (Å²) in [5, 5.41) is 0. The molecule has 10 nitrogen and oxygen atoms in total. The Hall–Kier alpha value is -3.02. The predicted octanol–water partition coefficient (Wildman–Crippen LogP) is 4.48. The Balaban J connectivity index is 0.000000248. The zero-order valence-electron chi connectivity index (χ0n) is 24.8. The highest BCUT2D eigenvalue weighted by Crippen LogP contribution is 2.36. The normalized spacial score (nSPS) is 18.9. The zero-order valence-corrected chi connectivity index (χ0v) is 25.6. The number of nitrogens with one attached hydrogen (secondary N) is 1. The van der Waals surface area contributed by atoms with E-state index in [1.54, 1.807) is 17.2 Å². The Kier molecular flexibility index (Phi) is 12.1. The average molecular weight is 588 g/mol. The van der Waals surface area contributed by atoms with Crippen molar-refractivity contribution in [2.75, 3.05) is 44.2 Å². The second-order valence-corrected chi connectivity index (χ2v) is 13.1. The van der Waals surface area contributed by atoms with Crippen LogP contribution in [0.25, 0.3) is 0 Å². The minimum atomic E-state index is -3.46. The van der Waals surface area contributed by atoms with E-state index in [0.717, 1.165) is 49.9 Å². The number of carbonyl (C=O) groups excluding carboxylic acids is 2. The number of carbonyl (C=O) groups is 2. The molecule has 2 fully saturated rings. The van der Waals surface area contributed by atoms with E-state index in [0.29, 0.717) is 31.1 Å². The van der Waals surface area contributed by atoms with Crippen molar-refractivity contribution >= 4 is 28.4 Å². The summed E-state index contributed by atoms with van der Waals surface area (Å²) in [6, 6.07) is 13.1. The lowest BCUT2D eigenvalue weighted by Crippen LogP contribution is -2.53. The molecule has 2 aliphatic heterocycles. The molecular formula is C30H45N5O5S. The quantitative estimate of drug-likeness (QED) is 0.322. The molecule has 0 aliphatic carbocycles. The maximum atomic E-state index is 12.2. The van der Waals surface area contributed by atoms with Gasteiger partial charge in [-0.05, 0) is 50.3 Å². The highest BCUT2D eigenvalue weighted by atomic mass is 32.2. The smallest absolute Gasteiger partial charge is 0.410 e. The summed E-state index contributed by atoms with van der Waals surface area (Å²) in [7, 11) is -3.46. The van der Waals surface area contributed by atoms with E-state index in [4.69, 9.17) is 4.74 Å². The van der Waals surface area contributed by atoms with E-state index in [1.807, 2.05) is 36.4 Å². The minimum absolute atomic E-state index is 0.0888. The number of hydrogen-bond acceptors (Lipinski definition) is 7. The van der Waals surface area contributed by atoms with Gasteiger partial charge in [0.05, 0.1) is 5.56 Å². The van der Waals surface area contributed by atoms with Gasteiger partial charge in [-0.1, -0.05) is 57.0 Å². The third-order valence-electron chi connectivity index (χ3n) is 7.38. The topological polar surface area (TPSA) is 112 Å². The molecule has 1 atom stereocenters. The SMILES string of the molecule is CC1CN(c2ncccc2C=O)C(C)(C)C1.CCCCCNS(=O)(=O)N1CCN(C(=O)OCc2ccccc2)CC1.